The Kier molecular flexibility index (Phi) is 8.35. The summed E-state index contributed by atoms with van der Waals surface area (Å²) in [5, 5.41) is 12.5. The van der Waals surface area contributed by atoms with Gasteiger partial charge in [-0.25, -0.2) is 0 Å². The number of rotatable bonds is 11. The second kappa shape index (κ2) is 11.6. The highest BCUT2D eigenvalue weighted by molar-refractivity contribution is 8.02. The summed E-state index contributed by atoms with van der Waals surface area (Å²) in [4.78, 5) is 46.1. The third-order valence-electron chi connectivity index (χ3n) is 9.00. The van der Waals surface area contributed by atoms with Crippen molar-refractivity contribution in [1.82, 2.24) is 4.90 Å². The Morgan fingerprint density at radius 2 is 1.93 bits per heavy atom. The van der Waals surface area contributed by atoms with Crippen LogP contribution in [0.2, 0.25) is 0 Å². The van der Waals surface area contributed by atoms with Gasteiger partial charge in [-0.2, -0.15) is 0 Å². The van der Waals surface area contributed by atoms with E-state index in [2.05, 4.69) is 20.1 Å². The lowest BCUT2D eigenvalue weighted by atomic mass is 9.66. The zero-order valence-electron chi connectivity index (χ0n) is 24.1. The maximum absolute atomic E-state index is 14.9. The maximum atomic E-state index is 14.9. The molecule has 2 aromatic carbocycles. The van der Waals surface area contributed by atoms with Crippen LogP contribution in [-0.4, -0.2) is 69.6 Å². The van der Waals surface area contributed by atoms with Crippen LogP contribution in [0.1, 0.15) is 33.6 Å². The number of amides is 2. The van der Waals surface area contributed by atoms with Crippen LogP contribution in [0.5, 0.6) is 0 Å². The Balaban J connectivity index is 1.63. The van der Waals surface area contributed by atoms with Crippen molar-refractivity contribution in [3.63, 3.8) is 0 Å². The number of fused-ring (bicyclic) bond motifs is 2. The summed E-state index contributed by atoms with van der Waals surface area (Å²) in [6.07, 6.45) is 4.47. The van der Waals surface area contributed by atoms with Crippen molar-refractivity contribution >= 4 is 46.0 Å². The minimum atomic E-state index is -0.843. The van der Waals surface area contributed by atoms with Gasteiger partial charge in [-0.05, 0) is 47.6 Å². The van der Waals surface area contributed by atoms with Gasteiger partial charge in [0.1, 0.15) is 12.6 Å². The monoisotopic (exact) mass is 576 g/mol. The molecular weight excluding hydrogens is 536 g/mol. The second-order valence-corrected chi connectivity index (χ2v) is 13.5. The molecule has 3 heterocycles. The van der Waals surface area contributed by atoms with E-state index in [1.54, 1.807) is 27.6 Å². The number of esters is 1. The fourth-order valence-corrected chi connectivity index (χ4v) is 9.79. The SMILES string of the molecule is C=CCOC(=O)[C@@H]1[C@H]2C(=O)N([C@@H](CO)CC(C)C)C(C(=O)N(CC=C)c3ccc4ccccc4c3)C23S[C@@H]1CC3C. The van der Waals surface area contributed by atoms with E-state index in [1.165, 1.54) is 6.08 Å². The normalized spacial score (nSPS) is 29.0. The summed E-state index contributed by atoms with van der Waals surface area (Å²) >= 11 is 1.61. The molecule has 3 unspecified atom stereocenters. The van der Waals surface area contributed by atoms with Crippen molar-refractivity contribution in [2.45, 2.75) is 55.7 Å². The van der Waals surface area contributed by atoms with Gasteiger partial charge >= 0.3 is 5.97 Å². The van der Waals surface area contributed by atoms with Crippen LogP contribution in [0.25, 0.3) is 10.8 Å². The second-order valence-electron chi connectivity index (χ2n) is 12.0. The van der Waals surface area contributed by atoms with Crippen molar-refractivity contribution in [2.24, 2.45) is 23.7 Å². The summed E-state index contributed by atoms with van der Waals surface area (Å²) in [6.45, 7) is 13.8. The number of aliphatic hydroxyl groups is 1. The van der Waals surface area contributed by atoms with E-state index in [0.29, 0.717) is 12.8 Å². The van der Waals surface area contributed by atoms with Crippen molar-refractivity contribution in [3.8, 4) is 0 Å². The number of carbonyl (C=O) groups is 3. The Morgan fingerprint density at radius 1 is 1.20 bits per heavy atom. The third-order valence-corrected chi connectivity index (χ3v) is 11.1. The first-order valence-corrected chi connectivity index (χ1v) is 15.4. The number of hydrogen-bond donors (Lipinski definition) is 1. The van der Waals surface area contributed by atoms with Crippen molar-refractivity contribution in [2.75, 3.05) is 24.7 Å². The van der Waals surface area contributed by atoms with Crippen molar-refractivity contribution in [1.29, 1.82) is 0 Å². The largest absolute Gasteiger partial charge is 0.461 e. The molecule has 0 radical (unpaired) electrons. The number of nitrogens with zero attached hydrogens (tertiary/aromatic N) is 2. The molecule has 0 aromatic heterocycles. The molecule has 1 N–H and O–H groups in total. The fourth-order valence-electron chi connectivity index (χ4n) is 7.40. The van der Waals surface area contributed by atoms with E-state index in [0.717, 1.165) is 16.5 Å². The molecule has 5 rings (SSSR count). The molecule has 41 heavy (non-hydrogen) atoms. The minimum Gasteiger partial charge on any atom is -0.461 e. The molecule has 3 saturated heterocycles. The van der Waals surface area contributed by atoms with E-state index in [-0.39, 0.29) is 48.7 Å². The first-order chi connectivity index (χ1) is 19.7. The summed E-state index contributed by atoms with van der Waals surface area (Å²) in [5.41, 5.74) is 0.720. The molecule has 2 aromatic rings. The smallest absolute Gasteiger partial charge is 0.311 e. The van der Waals surface area contributed by atoms with Gasteiger partial charge in [0, 0.05) is 17.5 Å². The molecule has 0 aliphatic carbocycles. The van der Waals surface area contributed by atoms with Gasteiger partial charge in [0.15, 0.2) is 0 Å². The van der Waals surface area contributed by atoms with Gasteiger partial charge in [-0.3, -0.25) is 14.4 Å². The van der Waals surface area contributed by atoms with Gasteiger partial charge in [-0.15, -0.1) is 18.3 Å². The summed E-state index contributed by atoms with van der Waals surface area (Å²) in [5.74, 6) is -2.00. The highest BCUT2D eigenvalue weighted by Crippen LogP contribution is 2.69. The molecule has 2 amide bonds. The molecule has 3 aliphatic heterocycles. The number of hydrogen-bond acceptors (Lipinski definition) is 6. The zero-order chi connectivity index (χ0) is 29.5. The standard InChI is InChI=1S/C33H40N2O5S/c1-6-14-34(24-13-12-22-10-8-9-11-23(22)18-24)31(38)29-33-21(5)17-26(41-33)27(32(39)40-15-7-2)28(33)30(37)35(29)25(19-36)16-20(3)4/h6-13,18,20-21,25-29,36H,1-2,14-17,19H2,3-5H3/t21?,25-,26-,27+,28+,29?,33?/m1/s1. The quantitative estimate of drug-likeness (QED) is 0.305. The Hall–Kier alpha value is -3.10. The molecule has 3 aliphatic rings. The lowest BCUT2D eigenvalue weighted by molar-refractivity contribution is -0.154. The van der Waals surface area contributed by atoms with Gasteiger partial charge in [0.25, 0.3) is 5.91 Å². The van der Waals surface area contributed by atoms with E-state index in [1.807, 2.05) is 56.3 Å². The van der Waals surface area contributed by atoms with Gasteiger partial charge in [0.2, 0.25) is 5.91 Å². The molecule has 1 spiro atoms. The van der Waals surface area contributed by atoms with Crippen molar-refractivity contribution < 1.29 is 24.2 Å². The van der Waals surface area contributed by atoms with Crippen LogP contribution in [0.4, 0.5) is 5.69 Å². The van der Waals surface area contributed by atoms with E-state index in [9.17, 15) is 19.5 Å². The van der Waals surface area contributed by atoms with E-state index < -0.39 is 34.6 Å². The number of benzene rings is 2. The lowest BCUT2D eigenvalue weighted by Crippen LogP contribution is -2.59. The molecular formula is C33H40N2O5S. The van der Waals surface area contributed by atoms with Crippen LogP contribution in [0, 0.1) is 23.7 Å². The van der Waals surface area contributed by atoms with Gasteiger partial charge in [0.05, 0.1) is 29.2 Å². The van der Waals surface area contributed by atoms with Crippen LogP contribution >= 0.6 is 11.8 Å². The van der Waals surface area contributed by atoms with Crippen molar-refractivity contribution in [3.05, 3.63) is 67.8 Å². The Labute approximate surface area is 246 Å². The predicted octanol–water partition coefficient (Wildman–Crippen LogP) is 4.83. The van der Waals surface area contributed by atoms with Gasteiger partial charge < -0.3 is 19.6 Å². The first-order valence-electron chi connectivity index (χ1n) is 14.5. The molecule has 7 atom stereocenters. The summed E-state index contributed by atoms with van der Waals surface area (Å²) in [6, 6.07) is 12.5. The molecule has 8 heteroatoms. The number of aliphatic hydroxyl groups excluding tert-OH is 1. The highest BCUT2D eigenvalue weighted by Gasteiger charge is 2.77. The predicted molar refractivity (Wildman–Crippen MR) is 163 cm³/mol. The number of carbonyl (C=O) groups excluding carboxylic acids is 3. The molecule has 3 fully saturated rings. The zero-order valence-corrected chi connectivity index (χ0v) is 24.9. The van der Waals surface area contributed by atoms with Crippen LogP contribution in [0.3, 0.4) is 0 Å². The first kappa shape index (κ1) is 29.4. The van der Waals surface area contributed by atoms with Crippen LogP contribution < -0.4 is 4.90 Å². The molecule has 0 saturated carbocycles. The van der Waals surface area contributed by atoms with E-state index in [4.69, 9.17) is 4.74 Å². The third kappa shape index (κ3) is 4.79. The average molecular weight is 577 g/mol. The fraction of sp³-hybridized carbons (Fsp3) is 0.485. The number of ether oxygens (including phenoxy) is 1. The maximum Gasteiger partial charge on any atom is 0.311 e. The highest BCUT2D eigenvalue weighted by atomic mass is 32.2. The average Bonchev–Trinajstić information content (AvgIpc) is 3.56. The Bertz CT molecular complexity index is 1360. The topological polar surface area (TPSA) is 87.1 Å². The minimum absolute atomic E-state index is 0.00873. The molecule has 2 bridgehead atoms. The van der Waals surface area contributed by atoms with Crippen LogP contribution in [-0.2, 0) is 19.1 Å². The van der Waals surface area contributed by atoms with Gasteiger partial charge in [-0.1, -0.05) is 69.8 Å². The van der Waals surface area contributed by atoms with Crippen LogP contribution in [0.15, 0.2) is 67.8 Å². The molecule has 7 nitrogen and oxygen atoms in total. The van der Waals surface area contributed by atoms with E-state index >= 15 is 0 Å². The number of likely N-dealkylation sites (tertiary alicyclic amines) is 1. The summed E-state index contributed by atoms with van der Waals surface area (Å²) in [7, 11) is 0. The number of thioether (sulfide) groups is 1. The Morgan fingerprint density at radius 3 is 2.59 bits per heavy atom. The number of anilines is 1. The lowest BCUT2D eigenvalue weighted by Gasteiger charge is -2.42. The summed E-state index contributed by atoms with van der Waals surface area (Å²) < 4.78 is 4.69. The molecule has 218 valence electrons.